The Labute approximate surface area is 142 Å². The maximum atomic E-state index is 12.2. The first-order valence-corrected chi connectivity index (χ1v) is 9.54. The van der Waals surface area contributed by atoms with Crippen LogP contribution in [0, 0.1) is 0 Å². The number of thioether (sulfide) groups is 1. The highest BCUT2D eigenvalue weighted by Gasteiger charge is 2.24. The molecule has 5 heteroatoms. The van der Waals surface area contributed by atoms with E-state index in [1.54, 1.807) is 11.8 Å². The van der Waals surface area contributed by atoms with E-state index in [1.165, 1.54) is 19.3 Å². The van der Waals surface area contributed by atoms with Crippen molar-refractivity contribution >= 4 is 29.3 Å². The maximum absolute atomic E-state index is 12.2. The van der Waals surface area contributed by atoms with Gasteiger partial charge in [0.25, 0.3) is 0 Å². The van der Waals surface area contributed by atoms with Crippen LogP contribution >= 0.6 is 11.8 Å². The Balaban J connectivity index is 1.48. The zero-order valence-electron chi connectivity index (χ0n) is 13.4. The highest BCUT2D eigenvalue weighted by Crippen LogP contribution is 2.34. The monoisotopic (exact) mass is 332 g/mol. The van der Waals surface area contributed by atoms with Crippen molar-refractivity contribution in [1.82, 2.24) is 5.32 Å². The smallest absolute Gasteiger partial charge is 0.237 e. The largest absolute Gasteiger partial charge is 0.353 e. The lowest BCUT2D eigenvalue weighted by Crippen LogP contribution is -2.38. The number of hydrogen-bond acceptors (Lipinski definition) is 3. The topological polar surface area (TPSA) is 49.4 Å². The number of benzene rings is 1. The zero-order valence-corrected chi connectivity index (χ0v) is 14.2. The van der Waals surface area contributed by atoms with E-state index in [0.29, 0.717) is 31.2 Å². The van der Waals surface area contributed by atoms with Crippen LogP contribution in [0.5, 0.6) is 0 Å². The molecule has 1 aliphatic heterocycles. The Morgan fingerprint density at radius 2 is 2.00 bits per heavy atom. The van der Waals surface area contributed by atoms with Gasteiger partial charge >= 0.3 is 0 Å². The average molecular weight is 332 g/mol. The van der Waals surface area contributed by atoms with Crippen molar-refractivity contribution in [3.05, 3.63) is 24.3 Å². The standard InChI is InChI=1S/C18H24N2O2S/c21-17(19-14-7-2-1-3-8-14)11-6-12-20-15-9-4-5-10-16(15)23-13-18(20)22/h4-5,9-10,14H,1-3,6-8,11-13H2,(H,19,21). The zero-order chi connectivity index (χ0) is 16.1. The maximum Gasteiger partial charge on any atom is 0.237 e. The molecule has 2 aliphatic rings. The van der Waals surface area contributed by atoms with E-state index in [1.807, 2.05) is 23.1 Å². The minimum atomic E-state index is 0.129. The molecule has 1 fully saturated rings. The summed E-state index contributed by atoms with van der Waals surface area (Å²) < 4.78 is 0. The molecule has 0 radical (unpaired) electrons. The number of carbonyl (C=O) groups is 2. The van der Waals surface area contributed by atoms with Gasteiger partial charge in [-0.3, -0.25) is 9.59 Å². The lowest BCUT2D eigenvalue weighted by Gasteiger charge is -2.29. The molecule has 23 heavy (non-hydrogen) atoms. The van der Waals surface area contributed by atoms with Gasteiger partial charge in [0.1, 0.15) is 0 Å². The van der Waals surface area contributed by atoms with Gasteiger partial charge in [0.05, 0.1) is 11.4 Å². The number of hydrogen-bond donors (Lipinski definition) is 1. The molecule has 0 atom stereocenters. The van der Waals surface area contributed by atoms with Crippen LogP contribution in [0.4, 0.5) is 5.69 Å². The van der Waals surface area contributed by atoms with Crippen LogP contribution in [-0.4, -0.2) is 30.2 Å². The van der Waals surface area contributed by atoms with Crippen LogP contribution < -0.4 is 10.2 Å². The number of nitrogens with zero attached hydrogens (tertiary/aromatic N) is 1. The minimum Gasteiger partial charge on any atom is -0.353 e. The lowest BCUT2D eigenvalue weighted by atomic mass is 9.95. The molecule has 124 valence electrons. The van der Waals surface area contributed by atoms with Crippen LogP contribution in [0.1, 0.15) is 44.9 Å². The molecule has 0 unspecified atom stereocenters. The Kier molecular flexibility index (Phi) is 5.60. The third-order valence-electron chi connectivity index (χ3n) is 4.56. The molecule has 2 amide bonds. The lowest BCUT2D eigenvalue weighted by molar-refractivity contribution is -0.122. The van der Waals surface area contributed by atoms with Gasteiger partial charge in [-0.2, -0.15) is 0 Å². The van der Waals surface area contributed by atoms with Gasteiger partial charge < -0.3 is 10.2 Å². The number of rotatable bonds is 5. The van der Waals surface area contributed by atoms with Gasteiger partial charge in [-0.15, -0.1) is 11.8 Å². The second-order valence-corrected chi connectivity index (χ2v) is 7.32. The third kappa shape index (κ3) is 4.28. The summed E-state index contributed by atoms with van der Waals surface area (Å²) in [5.41, 5.74) is 0.987. The average Bonchev–Trinajstić information content (AvgIpc) is 2.58. The van der Waals surface area contributed by atoms with Crippen LogP contribution in [-0.2, 0) is 9.59 Å². The first-order chi connectivity index (χ1) is 11.2. The predicted octanol–water partition coefficient (Wildman–Crippen LogP) is 3.35. The van der Waals surface area contributed by atoms with Crippen LogP contribution in [0.2, 0.25) is 0 Å². The molecule has 4 nitrogen and oxygen atoms in total. The number of nitrogens with one attached hydrogen (secondary N) is 1. The van der Waals surface area contributed by atoms with E-state index in [-0.39, 0.29) is 11.8 Å². The van der Waals surface area contributed by atoms with Gasteiger partial charge in [-0.1, -0.05) is 31.4 Å². The fourth-order valence-electron chi connectivity index (χ4n) is 3.34. The SMILES string of the molecule is O=C(CCCN1C(=O)CSc2ccccc21)NC1CCCCC1. The Hall–Kier alpha value is -1.49. The second-order valence-electron chi connectivity index (χ2n) is 6.31. The number of amides is 2. The molecular weight excluding hydrogens is 308 g/mol. The Bertz CT molecular complexity index is 570. The quantitative estimate of drug-likeness (QED) is 0.899. The molecule has 1 N–H and O–H groups in total. The van der Waals surface area contributed by atoms with Gasteiger partial charge in [-0.05, 0) is 31.4 Å². The van der Waals surface area contributed by atoms with Crippen LogP contribution in [0.25, 0.3) is 0 Å². The van der Waals surface area contributed by atoms with Crippen molar-refractivity contribution in [2.24, 2.45) is 0 Å². The molecule has 1 heterocycles. The molecule has 0 aromatic heterocycles. The van der Waals surface area contributed by atoms with Crippen molar-refractivity contribution in [3.8, 4) is 0 Å². The number of carbonyl (C=O) groups excluding carboxylic acids is 2. The highest BCUT2D eigenvalue weighted by molar-refractivity contribution is 8.00. The summed E-state index contributed by atoms with van der Waals surface area (Å²) in [4.78, 5) is 27.2. The van der Waals surface area contributed by atoms with Gasteiger partial charge in [0.2, 0.25) is 11.8 Å². The first kappa shape index (κ1) is 16.4. The fourth-order valence-corrected chi connectivity index (χ4v) is 4.28. The summed E-state index contributed by atoms with van der Waals surface area (Å²) in [7, 11) is 0. The predicted molar refractivity (Wildman–Crippen MR) is 93.8 cm³/mol. The van der Waals surface area contributed by atoms with Crippen LogP contribution in [0.3, 0.4) is 0 Å². The van der Waals surface area contributed by atoms with E-state index < -0.39 is 0 Å². The van der Waals surface area contributed by atoms with Gasteiger partial charge in [0.15, 0.2) is 0 Å². The van der Waals surface area contributed by atoms with Gasteiger partial charge in [-0.25, -0.2) is 0 Å². The third-order valence-corrected chi connectivity index (χ3v) is 5.61. The molecular formula is C18H24N2O2S. The minimum absolute atomic E-state index is 0.129. The van der Waals surface area contributed by atoms with E-state index >= 15 is 0 Å². The summed E-state index contributed by atoms with van der Waals surface area (Å²) in [6.07, 6.45) is 7.17. The molecule has 1 saturated carbocycles. The van der Waals surface area contributed by atoms with E-state index in [0.717, 1.165) is 23.4 Å². The van der Waals surface area contributed by atoms with Crippen molar-refractivity contribution in [2.75, 3.05) is 17.2 Å². The number of anilines is 1. The summed E-state index contributed by atoms with van der Waals surface area (Å²) in [5.74, 6) is 0.760. The van der Waals surface area contributed by atoms with Crippen molar-refractivity contribution in [2.45, 2.75) is 55.9 Å². The summed E-state index contributed by atoms with van der Waals surface area (Å²) in [5, 5.41) is 3.14. The Morgan fingerprint density at radius 1 is 1.22 bits per heavy atom. The molecule has 0 spiro atoms. The molecule has 3 rings (SSSR count). The second kappa shape index (κ2) is 7.86. The molecule has 0 saturated heterocycles. The van der Waals surface area contributed by atoms with Gasteiger partial charge in [0, 0.05) is 23.9 Å². The summed E-state index contributed by atoms with van der Waals surface area (Å²) in [6.45, 7) is 0.620. The van der Waals surface area contributed by atoms with E-state index in [4.69, 9.17) is 0 Å². The molecule has 1 aliphatic carbocycles. The normalized spacial score (nSPS) is 18.6. The van der Waals surface area contributed by atoms with E-state index in [9.17, 15) is 9.59 Å². The summed E-state index contributed by atoms with van der Waals surface area (Å²) >= 11 is 1.59. The van der Waals surface area contributed by atoms with Crippen molar-refractivity contribution in [1.29, 1.82) is 0 Å². The summed E-state index contributed by atoms with van der Waals surface area (Å²) in [6, 6.07) is 8.36. The van der Waals surface area contributed by atoms with Crippen molar-refractivity contribution < 1.29 is 9.59 Å². The number of para-hydroxylation sites is 1. The first-order valence-electron chi connectivity index (χ1n) is 8.55. The van der Waals surface area contributed by atoms with E-state index in [2.05, 4.69) is 11.4 Å². The highest BCUT2D eigenvalue weighted by atomic mass is 32.2. The molecule has 0 bridgehead atoms. The van der Waals surface area contributed by atoms with Crippen LogP contribution in [0.15, 0.2) is 29.2 Å². The fraction of sp³-hybridized carbons (Fsp3) is 0.556. The molecule has 1 aromatic rings. The Morgan fingerprint density at radius 3 is 2.83 bits per heavy atom. The molecule has 1 aromatic carbocycles. The van der Waals surface area contributed by atoms with Crippen molar-refractivity contribution in [3.63, 3.8) is 0 Å². The number of fused-ring (bicyclic) bond motifs is 1.